The van der Waals surface area contributed by atoms with Gasteiger partial charge in [-0.05, 0) is 26.7 Å². The van der Waals surface area contributed by atoms with Gasteiger partial charge < -0.3 is 9.47 Å². The van der Waals surface area contributed by atoms with Crippen LogP contribution in [0.5, 0.6) is 0 Å². The van der Waals surface area contributed by atoms with Crippen molar-refractivity contribution in [3.8, 4) is 0 Å². The van der Waals surface area contributed by atoms with Gasteiger partial charge in [0.2, 0.25) is 0 Å². The van der Waals surface area contributed by atoms with Crippen LogP contribution in [-0.2, 0) is 14.3 Å². The molecule has 6 heteroatoms. The van der Waals surface area contributed by atoms with Crippen LogP contribution in [0.15, 0.2) is 0 Å². The summed E-state index contributed by atoms with van der Waals surface area (Å²) in [5, 5.41) is 9.85. The second kappa shape index (κ2) is 9.10. The average molecular weight is 263 g/mol. The maximum atomic E-state index is 10.7. The summed E-state index contributed by atoms with van der Waals surface area (Å²) >= 11 is 0. The number of rotatable bonds is 11. The van der Waals surface area contributed by atoms with Crippen molar-refractivity contribution in [2.75, 3.05) is 13.2 Å². The zero-order valence-corrected chi connectivity index (χ0v) is 11.8. The lowest BCUT2D eigenvalue weighted by molar-refractivity contribution is -0.820. The Morgan fingerprint density at radius 1 is 1.17 bits per heavy atom. The van der Waals surface area contributed by atoms with Crippen LogP contribution in [-0.4, -0.2) is 24.3 Å². The van der Waals surface area contributed by atoms with Crippen LogP contribution in [0.2, 0.25) is 0 Å². The Kier molecular flexibility index (Phi) is 8.66. The Morgan fingerprint density at radius 2 is 1.72 bits per heavy atom. The van der Waals surface area contributed by atoms with Crippen molar-refractivity contribution in [3.63, 3.8) is 0 Å². The predicted octanol–water partition coefficient (Wildman–Crippen LogP) is 3.14. The van der Waals surface area contributed by atoms with Crippen molar-refractivity contribution in [2.45, 2.75) is 59.4 Å². The standard InChI is InChI=1S/C12H25NO5/c1-5-9-10-11(6-2)12(16-7-3,17-8-4)18-13(14)15/h11H,5-10H2,1-4H3. The van der Waals surface area contributed by atoms with Gasteiger partial charge in [0.25, 0.3) is 5.09 Å². The average Bonchev–Trinajstić information content (AvgIpc) is 2.29. The molecule has 0 aromatic rings. The third-order valence-electron chi connectivity index (χ3n) is 2.79. The Labute approximate surface area is 109 Å². The second-order valence-electron chi connectivity index (χ2n) is 4.03. The van der Waals surface area contributed by atoms with E-state index in [-0.39, 0.29) is 5.92 Å². The smallest absolute Gasteiger partial charge is 0.327 e. The van der Waals surface area contributed by atoms with Crippen LogP contribution in [0.3, 0.4) is 0 Å². The summed E-state index contributed by atoms with van der Waals surface area (Å²) in [5.41, 5.74) is 0. The number of hydrogen-bond donors (Lipinski definition) is 0. The van der Waals surface area contributed by atoms with E-state index in [0.717, 1.165) is 19.3 Å². The molecule has 0 saturated carbocycles. The highest BCUT2D eigenvalue weighted by molar-refractivity contribution is 4.69. The van der Waals surface area contributed by atoms with E-state index < -0.39 is 11.1 Å². The summed E-state index contributed by atoms with van der Waals surface area (Å²) in [6.45, 7) is 8.17. The van der Waals surface area contributed by atoms with E-state index in [9.17, 15) is 10.1 Å². The molecule has 0 fully saturated rings. The zero-order chi connectivity index (χ0) is 14.0. The number of ether oxygens (including phenoxy) is 2. The van der Waals surface area contributed by atoms with Gasteiger partial charge in [-0.1, -0.05) is 26.7 Å². The summed E-state index contributed by atoms with van der Waals surface area (Å²) in [6, 6.07) is 0. The molecule has 0 amide bonds. The molecule has 18 heavy (non-hydrogen) atoms. The fourth-order valence-electron chi connectivity index (χ4n) is 1.99. The summed E-state index contributed by atoms with van der Waals surface area (Å²) in [5.74, 6) is -1.71. The first-order valence-electron chi connectivity index (χ1n) is 6.67. The lowest BCUT2D eigenvalue weighted by Gasteiger charge is -2.36. The first-order chi connectivity index (χ1) is 8.56. The van der Waals surface area contributed by atoms with Crippen LogP contribution < -0.4 is 0 Å². The monoisotopic (exact) mass is 263 g/mol. The van der Waals surface area contributed by atoms with Crippen LogP contribution in [0.1, 0.15) is 53.4 Å². The lowest BCUT2D eigenvalue weighted by atomic mass is 9.96. The van der Waals surface area contributed by atoms with E-state index in [0.29, 0.717) is 19.6 Å². The highest BCUT2D eigenvalue weighted by Crippen LogP contribution is 2.32. The molecule has 0 aliphatic carbocycles. The molecular formula is C12H25NO5. The van der Waals surface area contributed by atoms with E-state index >= 15 is 0 Å². The van der Waals surface area contributed by atoms with E-state index in [1.54, 1.807) is 13.8 Å². The van der Waals surface area contributed by atoms with Gasteiger partial charge >= 0.3 is 5.97 Å². The minimum absolute atomic E-state index is 0.150. The van der Waals surface area contributed by atoms with Crippen LogP contribution in [0.25, 0.3) is 0 Å². The number of hydrogen-bond acceptors (Lipinski definition) is 5. The van der Waals surface area contributed by atoms with Gasteiger partial charge in [-0.3, -0.25) is 0 Å². The van der Waals surface area contributed by atoms with E-state index in [1.807, 2.05) is 6.92 Å². The molecule has 1 unspecified atom stereocenters. The van der Waals surface area contributed by atoms with E-state index in [4.69, 9.17) is 14.3 Å². The fraction of sp³-hybridized carbons (Fsp3) is 1.00. The zero-order valence-electron chi connectivity index (χ0n) is 11.8. The van der Waals surface area contributed by atoms with E-state index in [2.05, 4.69) is 6.92 Å². The Balaban J connectivity index is 4.99. The molecule has 6 nitrogen and oxygen atoms in total. The minimum atomic E-state index is -1.56. The van der Waals surface area contributed by atoms with Crippen molar-refractivity contribution in [1.29, 1.82) is 0 Å². The van der Waals surface area contributed by atoms with Gasteiger partial charge in [0.15, 0.2) is 0 Å². The Hall–Kier alpha value is -0.880. The third kappa shape index (κ3) is 5.18. The highest BCUT2D eigenvalue weighted by Gasteiger charge is 2.43. The summed E-state index contributed by atoms with van der Waals surface area (Å²) in [4.78, 5) is 15.4. The van der Waals surface area contributed by atoms with Crippen LogP contribution in [0, 0.1) is 16.0 Å². The minimum Gasteiger partial charge on any atom is -0.329 e. The predicted molar refractivity (Wildman–Crippen MR) is 67.4 cm³/mol. The summed E-state index contributed by atoms with van der Waals surface area (Å²) in [6.07, 6.45) is 3.46. The molecular weight excluding hydrogens is 238 g/mol. The van der Waals surface area contributed by atoms with Crippen LogP contribution >= 0.6 is 0 Å². The number of unbranched alkanes of at least 4 members (excludes halogenated alkanes) is 1. The Morgan fingerprint density at radius 3 is 2.06 bits per heavy atom. The first-order valence-corrected chi connectivity index (χ1v) is 6.67. The first kappa shape index (κ1) is 17.1. The molecule has 0 aliphatic rings. The third-order valence-corrected chi connectivity index (χ3v) is 2.79. The highest BCUT2D eigenvalue weighted by atomic mass is 17.0. The topological polar surface area (TPSA) is 70.8 Å². The van der Waals surface area contributed by atoms with E-state index in [1.165, 1.54) is 0 Å². The van der Waals surface area contributed by atoms with Gasteiger partial charge in [-0.15, -0.1) is 10.1 Å². The van der Waals surface area contributed by atoms with Crippen molar-refractivity contribution in [1.82, 2.24) is 0 Å². The maximum Gasteiger partial charge on any atom is 0.327 e. The van der Waals surface area contributed by atoms with Crippen molar-refractivity contribution in [2.24, 2.45) is 5.92 Å². The van der Waals surface area contributed by atoms with Gasteiger partial charge in [0.1, 0.15) is 0 Å². The molecule has 0 aliphatic heterocycles. The SMILES string of the molecule is CCCCC(CC)C(OCC)(OCC)O[N+](=O)[O-]. The van der Waals surface area contributed by atoms with Crippen molar-refractivity contribution < 1.29 is 19.4 Å². The van der Waals surface area contributed by atoms with Gasteiger partial charge in [-0.25, -0.2) is 4.84 Å². The molecule has 0 heterocycles. The van der Waals surface area contributed by atoms with Gasteiger partial charge in [0.05, 0.1) is 0 Å². The largest absolute Gasteiger partial charge is 0.329 e. The normalized spacial score (nSPS) is 13.3. The molecule has 0 radical (unpaired) electrons. The molecule has 0 rings (SSSR count). The van der Waals surface area contributed by atoms with Gasteiger partial charge in [-0.2, -0.15) is 0 Å². The molecule has 0 saturated heterocycles. The molecule has 0 bridgehead atoms. The molecule has 0 aromatic heterocycles. The quantitative estimate of drug-likeness (QED) is 0.325. The summed E-state index contributed by atoms with van der Waals surface area (Å²) < 4.78 is 10.9. The molecule has 108 valence electrons. The molecule has 0 spiro atoms. The second-order valence-corrected chi connectivity index (χ2v) is 4.03. The Bertz CT molecular complexity index is 229. The lowest BCUT2D eigenvalue weighted by Crippen LogP contribution is -2.47. The van der Waals surface area contributed by atoms with Crippen molar-refractivity contribution >= 4 is 0 Å². The van der Waals surface area contributed by atoms with Crippen molar-refractivity contribution in [3.05, 3.63) is 10.1 Å². The molecule has 0 N–H and O–H groups in total. The van der Waals surface area contributed by atoms with Gasteiger partial charge in [0, 0.05) is 19.1 Å². The molecule has 1 atom stereocenters. The molecule has 0 aromatic carbocycles. The number of nitrogens with zero attached hydrogens (tertiary/aromatic N) is 1. The maximum absolute atomic E-state index is 10.7. The fourth-order valence-corrected chi connectivity index (χ4v) is 1.99. The van der Waals surface area contributed by atoms with Crippen LogP contribution in [0.4, 0.5) is 0 Å². The summed E-state index contributed by atoms with van der Waals surface area (Å²) in [7, 11) is 0.